The molecule has 1 N–H and O–H groups in total. The summed E-state index contributed by atoms with van der Waals surface area (Å²) >= 11 is 0. The predicted molar refractivity (Wildman–Crippen MR) is 91.0 cm³/mol. The zero-order valence-corrected chi connectivity index (χ0v) is 13.7. The van der Waals surface area contributed by atoms with Gasteiger partial charge in [0.25, 0.3) is 0 Å². The minimum absolute atomic E-state index is 0.302. The van der Waals surface area contributed by atoms with Gasteiger partial charge in [-0.15, -0.1) is 0 Å². The summed E-state index contributed by atoms with van der Waals surface area (Å²) in [4.78, 5) is 8.70. The Morgan fingerprint density at radius 2 is 1.96 bits per heavy atom. The molecule has 2 heterocycles. The summed E-state index contributed by atoms with van der Waals surface area (Å²) in [6, 6.07) is 9.92. The smallest absolute Gasteiger partial charge is 0.159 e. The van der Waals surface area contributed by atoms with Crippen LogP contribution in [0, 0.1) is 26.6 Å². The van der Waals surface area contributed by atoms with Gasteiger partial charge in [-0.2, -0.15) is 10.2 Å². The van der Waals surface area contributed by atoms with Crippen molar-refractivity contribution in [2.45, 2.75) is 20.8 Å². The lowest BCUT2D eigenvalue weighted by Crippen LogP contribution is -2.06. The number of anilines is 1. The van der Waals surface area contributed by atoms with Gasteiger partial charge in [0, 0.05) is 11.8 Å². The van der Waals surface area contributed by atoms with Crippen molar-refractivity contribution in [2.75, 3.05) is 5.43 Å². The number of hydrogen-bond donors (Lipinski definition) is 1. The van der Waals surface area contributed by atoms with Crippen molar-refractivity contribution in [3.05, 3.63) is 65.0 Å². The van der Waals surface area contributed by atoms with E-state index in [-0.39, 0.29) is 5.82 Å². The molecule has 0 radical (unpaired) electrons. The van der Waals surface area contributed by atoms with Gasteiger partial charge >= 0.3 is 0 Å². The molecule has 6 nitrogen and oxygen atoms in total. The minimum atomic E-state index is -0.302. The highest BCUT2D eigenvalue weighted by Gasteiger charge is 2.08. The maximum atomic E-state index is 13.1. The maximum absolute atomic E-state index is 13.1. The first-order valence-corrected chi connectivity index (χ1v) is 7.45. The molecule has 0 saturated heterocycles. The lowest BCUT2D eigenvalue weighted by atomic mass is 10.2. The molecule has 0 aliphatic rings. The van der Waals surface area contributed by atoms with Crippen molar-refractivity contribution in [3.8, 4) is 5.82 Å². The Morgan fingerprint density at radius 1 is 1.12 bits per heavy atom. The van der Waals surface area contributed by atoms with Crippen molar-refractivity contribution in [1.82, 2.24) is 19.7 Å². The molecule has 0 amide bonds. The Kier molecular flexibility index (Phi) is 4.33. The molecule has 2 aromatic heterocycles. The van der Waals surface area contributed by atoms with E-state index in [1.807, 2.05) is 19.9 Å². The average molecular weight is 324 g/mol. The molecule has 7 heteroatoms. The third kappa shape index (κ3) is 3.62. The molecule has 0 bridgehead atoms. The van der Waals surface area contributed by atoms with E-state index in [4.69, 9.17) is 0 Å². The van der Waals surface area contributed by atoms with Crippen LogP contribution in [0.4, 0.5) is 10.2 Å². The van der Waals surface area contributed by atoms with E-state index in [0.29, 0.717) is 23.0 Å². The van der Waals surface area contributed by atoms with Gasteiger partial charge < -0.3 is 0 Å². The van der Waals surface area contributed by atoms with Crippen LogP contribution < -0.4 is 5.43 Å². The molecule has 3 rings (SSSR count). The number of hydrazone groups is 1. The van der Waals surface area contributed by atoms with Gasteiger partial charge in [0.15, 0.2) is 11.6 Å². The largest absolute Gasteiger partial charge is 0.261 e. The molecule has 1 aromatic carbocycles. The van der Waals surface area contributed by atoms with E-state index < -0.39 is 0 Å². The van der Waals surface area contributed by atoms with Crippen molar-refractivity contribution in [3.63, 3.8) is 0 Å². The van der Waals surface area contributed by atoms with Crippen molar-refractivity contribution in [2.24, 2.45) is 5.10 Å². The summed E-state index contributed by atoms with van der Waals surface area (Å²) in [6.07, 6.45) is 1.53. The number of halogens is 1. The summed E-state index contributed by atoms with van der Waals surface area (Å²) in [6.45, 7) is 5.70. The quantitative estimate of drug-likeness (QED) is 0.591. The van der Waals surface area contributed by atoms with Gasteiger partial charge in [0.2, 0.25) is 0 Å². The van der Waals surface area contributed by atoms with Crippen LogP contribution in [0.5, 0.6) is 0 Å². The lowest BCUT2D eigenvalue weighted by molar-refractivity contribution is 0.627. The monoisotopic (exact) mass is 324 g/mol. The second kappa shape index (κ2) is 6.57. The number of aryl methyl sites for hydroxylation is 3. The van der Waals surface area contributed by atoms with E-state index in [9.17, 15) is 4.39 Å². The van der Waals surface area contributed by atoms with Crippen molar-refractivity contribution >= 4 is 12.0 Å². The molecule has 0 saturated carbocycles. The van der Waals surface area contributed by atoms with Crippen LogP contribution in [0.25, 0.3) is 5.82 Å². The number of nitrogens with one attached hydrogen (secondary N) is 1. The molecule has 24 heavy (non-hydrogen) atoms. The fraction of sp³-hybridized carbons (Fsp3) is 0.176. The third-order valence-electron chi connectivity index (χ3n) is 3.29. The second-order valence-corrected chi connectivity index (χ2v) is 5.42. The molecule has 0 spiro atoms. The normalized spacial score (nSPS) is 11.2. The Morgan fingerprint density at radius 3 is 2.67 bits per heavy atom. The van der Waals surface area contributed by atoms with Gasteiger partial charge in [0.05, 0.1) is 11.9 Å². The fourth-order valence-electron chi connectivity index (χ4n) is 2.34. The number of benzene rings is 1. The first-order chi connectivity index (χ1) is 11.5. The molecule has 122 valence electrons. The SMILES string of the molecule is Cc1cc(C)n(-c2cc(N/N=C\c3cccc(F)c3)nc(C)n2)n1. The van der Waals surface area contributed by atoms with Crippen LogP contribution in [0.2, 0.25) is 0 Å². The van der Waals surface area contributed by atoms with Gasteiger partial charge in [0.1, 0.15) is 11.6 Å². The molecular formula is C17H17FN6. The van der Waals surface area contributed by atoms with E-state index in [1.54, 1.807) is 29.8 Å². The van der Waals surface area contributed by atoms with Crippen LogP contribution >= 0.6 is 0 Å². The van der Waals surface area contributed by atoms with E-state index in [1.165, 1.54) is 18.3 Å². The number of hydrogen-bond acceptors (Lipinski definition) is 5. The van der Waals surface area contributed by atoms with Crippen LogP contribution in [0.3, 0.4) is 0 Å². The molecule has 0 unspecified atom stereocenters. The van der Waals surface area contributed by atoms with E-state index in [0.717, 1.165) is 11.4 Å². The van der Waals surface area contributed by atoms with E-state index >= 15 is 0 Å². The topological polar surface area (TPSA) is 68.0 Å². The highest BCUT2D eigenvalue weighted by molar-refractivity contribution is 5.80. The van der Waals surface area contributed by atoms with E-state index in [2.05, 4.69) is 25.6 Å². The standard InChI is InChI=1S/C17H17FN6/c1-11-7-12(2)24(23-11)17-9-16(20-13(3)21-17)22-19-10-14-5-4-6-15(18)8-14/h4-10H,1-3H3,(H,20,21,22)/b19-10-. The highest BCUT2D eigenvalue weighted by atomic mass is 19.1. The van der Waals surface area contributed by atoms with Gasteiger partial charge in [-0.05, 0) is 44.5 Å². The van der Waals surface area contributed by atoms with Crippen molar-refractivity contribution < 1.29 is 4.39 Å². The predicted octanol–water partition coefficient (Wildman–Crippen LogP) is 3.17. The fourth-order valence-corrected chi connectivity index (χ4v) is 2.34. The van der Waals surface area contributed by atoms with Gasteiger partial charge in [-0.3, -0.25) is 5.43 Å². The average Bonchev–Trinajstić information content (AvgIpc) is 2.85. The first-order valence-electron chi connectivity index (χ1n) is 7.45. The Labute approximate surface area is 139 Å². The highest BCUT2D eigenvalue weighted by Crippen LogP contribution is 2.14. The number of rotatable bonds is 4. The Hall–Kier alpha value is -3.09. The summed E-state index contributed by atoms with van der Waals surface area (Å²) in [7, 11) is 0. The zero-order chi connectivity index (χ0) is 17.1. The van der Waals surface area contributed by atoms with Crippen LogP contribution in [-0.2, 0) is 0 Å². The zero-order valence-electron chi connectivity index (χ0n) is 13.7. The number of nitrogens with zero attached hydrogens (tertiary/aromatic N) is 5. The van der Waals surface area contributed by atoms with Crippen LogP contribution in [0.1, 0.15) is 22.8 Å². The minimum Gasteiger partial charge on any atom is -0.261 e. The summed E-state index contributed by atoms with van der Waals surface area (Å²) < 4.78 is 14.9. The van der Waals surface area contributed by atoms with Gasteiger partial charge in [-0.1, -0.05) is 12.1 Å². The molecule has 0 atom stereocenters. The molecule has 0 fully saturated rings. The second-order valence-electron chi connectivity index (χ2n) is 5.42. The van der Waals surface area contributed by atoms with Crippen LogP contribution in [0.15, 0.2) is 41.5 Å². The maximum Gasteiger partial charge on any atom is 0.159 e. The van der Waals surface area contributed by atoms with Crippen molar-refractivity contribution in [1.29, 1.82) is 0 Å². The Bertz CT molecular complexity index is 900. The molecule has 0 aliphatic carbocycles. The lowest BCUT2D eigenvalue weighted by Gasteiger charge is -2.07. The first kappa shape index (κ1) is 15.8. The summed E-state index contributed by atoms with van der Waals surface area (Å²) in [5.41, 5.74) is 5.41. The third-order valence-corrected chi connectivity index (χ3v) is 3.29. The molecule has 0 aliphatic heterocycles. The van der Waals surface area contributed by atoms with Gasteiger partial charge in [-0.25, -0.2) is 19.0 Å². The summed E-state index contributed by atoms with van der Waals surface area (Å²) in [5, 5.41) is 8.51. The molecule has 3 aromatic rings. The molecular weight excluding hydrogens is 307 g/mol. The summed E-state index contributed by atoms with van der Waals surface area (Å²) in [5.74, 6) is 1.50. The Balaban J connectivity index is 1.83. The number of aromatic nitrogens is 4. The van der Waals surface area contributed by atoms with Crippen LogP contribution in [-0.4, -0.2) is 26.0 Å².